The number of hydrogen-bond acceptors (Lipinski definition) is 8. The molecule has 0 rings (SSSR count). The third-order valence-corrected chi connectivity index (χ3v) is 13.2. The van der Waals surface area contributed by atoms with Gasteiger partial charge < -0.3 is 25.2 Å². The van der Waals surface area contributed by atoms with Crippen LogP contribution >= 0.6 is 7.82 Å². The Morgan fingerprint density at radius 3 is 1.19 bits per heavy atom. The molecule has 64 heavy (non-hydrogen) atoms. The van der Waals surface area contributed by atoms with Gasteiger partial charge >= 0.3 is 19.8 Å². The lowest BCUT2D eigenvalue weighted by Gasteiger charge is -2.20. The Balaban J connectivity index is 4.06. The van der Waals surface area contributed by atoms with Crippen LogP contribution in [0.4, 0.5) is 0 Å². The van der Waals surface area contributed by atoms with E-state index in [0.29, 0.717) is 6.61 Å². The highest BCUT2D eigenvalue weighted by Crippen LogP contribution is 2.43. The van der Waals surface area contributed by atoms with E-state index in [0.717, 1.165) is 38.5 Å². The first kappa shape index (κ1) is 62.7. The summed E-state index contributed by atoms with van der Waals surface area (Å²) in [5.74, 6) is -1.76. The van der Waals surface area contributed by atoms with E-state index in [1.54, 1.807) is 0 Å². The number of allylic oxidation sites excluding steroid dienone is 2. The molecule has 0 heterocycles. The zero-order valence-corrected chi connectivity index (χ0v) is 42.8. The van der Waals surface area contributed by atoms with Gasteiger partial charge in [0.25, 0.3) is 0 Å². The molecule has 3 unspecified atom stereocenters. The highest BCUT2D eigenvalue weighted by atomic mass is 31.2. The fourth-order valence-electron chi connectivity index (χ4n) is 8.07. The Morgan fingerprint density at radius 2 is 0.812 bits per heavy atom. The number of phosphoric acid groups is 1. The Morgan fingerprint density at radius 1 is 0.484 bits per heavy atom. The molecule has 0 radical (unpaired) electrons. The van der Waals surface area contributed by atoms with E-state index in [1.807, 2.05) is 0 Å². The number of hydrogen-bond donors (Lipinski definition) is 3. The highest BCUT2D eigenvalue weighted by molar-refractivity contribution is 7.47. The zero-order chi connectivity index (χ0) is 46.9. The minimum Gasteiger partial charge on any atom is -0.480 e. The third-order valence-electron chi connectivity index (χ3n) is 12.3. The quantitative estimate of drug-likeness (QED) is 0.0232. The van der Waals surface area contributed by atoms with E-state index in [2.05, 4.69) is 26.0 Å². The van der Waals surface area contributed by atoms with Gasteiger partial charge in [0.15, 0.2) is 0 Å². The second kappa shape index (κ2) is 49.6. The minimum atomic E-state index is -4.62. The number of carbonyl (C=O) groups is 2. The van der Waals surface area contributed by atoms with E-state index in [4.69, 9.17) is 29.4 Å². The molecule has 11 heteroatoms. The Kier molecular flexibility index (Phi) is 48.6. The molecule has 0 aromatic rings. The maximum atomic E-state index is 12.7. The molecule has 0 aromatic heterocycles. The number of carboxylic acid groups (broad SMARTS) is 1. The van der Waals surface area contributed by atoms with Crippen LogP contribution in [0.25, 0.3) is 0 Å². The summed E-state index contributed by atoms with van der Waals surface area (Å²) in [5, 5.41) is 8.94. The summed E-state index contributed by atoms with van der Waals surface area (Å²) in [5.41, 5.74) is 5.38. The molecule has 3 atom stereocenters. The van der Waals surface area contributed by atoms with Crippen LogP contribution in [-0.4, -0.2) is 60.5 Å². The molecule has 0 spiro atoms. The van der Waals surface area contributed by atoms with E-state index in [9.17, 15) is 19.0 Å². The normalized spacial score (nSPS) is 13.7. The molecule has 0 aliphatic carbocycles. The summed E-state index contributed by atoms with van der Waals surface area (Å²) in [6, 6.07) is -1.47. The summed E-state index contributed by atoms with van der Waals surface area (Å²) < 4.78 is 33.6. The first-order chi connectivity index (χ1) is 31.2. The lowest BCUT2D eigenvalue weighted by atomic mass is 10.0. The number of ether oxygens (including phenoxy) is 2. The average Bonchev–Trinajstić information content (AvgIpc) is 3.28. The van der Waals surface area contributed by atoms with Crippen molar-refractivity contribution >= 4 is 19.8 Å². The number of esters is 1. The molecule has 0 fully saturated rings. The maximum absolute atomic E-state index is 12.7. The number of carboxylic acids is 1. The van der Waals surface area contributed by atoms with Gasteiger partial charge in [-0.2, -0.15) is 0 Å². The predicted molar refractivity (Wildman–Crippen MR) is 268 cm³/mol. The first-order valence-corrected chi connectivity index (χ1v) is 28.7. The number of phosphoric ester groups is 1. The Labute approximate surface area is 394 Å². The molecular weight excluding hydrogens is 826 g/mol. The van der Waals surface area contributed by atoms with Crippen molar-refractivity contribution in [3.8, 4) is 0 Å². The summed E-state index contributed by atoms with van der Waals surface area (Å²) in [6.45, 7) is 3.95. The van der Waals surface area contributed by atoms with Gasteiger partial charge in [0.05, 0.1) is 19.8 Å². The molecule has 0 aromatic carbocycles. The number of nitrogens with two attached hydrogens (primary N) is 1. The average molecular weight is 930 g/mol. The van der Waals surface area contributed by atoms with Gasteiger partial charge in [0.2, 0.25) is 0 Å². The fraction of sp³-hybridized carbons (Fsp3) is 0.925. The summed E-state index contributed by atoms with van der Waals surface area (Å²) in [7, 11) is -4.62. The van der Waals surface area contributed by atoms with Gasteiger partial charge in [-0.1, -0.05) is 244 Å². The molecule has 0 bridgehead atoms. The van der Waals surface area contributed by atoms with E-state index >= 15 is 0 Å². The van der Waals surface area contributed by atoms with E-state index < -0.39 is 45.1 Å². The number of unbranched alkanes of at least 4 members (excludes halogenated alkanes) is 37. The lowest BCUT2D eigenvalue weighted by Crippen LogP contribution is -2.34. The van der Waals surface area contributed by atoms with Crippen LogP contribution in [0.3, 0.4) is 0 Å². The van der Waals surface area contributed by atoms with Crippen molar-refractivity contribution in [2.24, 2.45) is 5.73 Å². The van der Waals surface area contributed by atoms with Gasteiger partial charge in [-0.05, 0) is 38.5 Å². The fourth-order valence-corrected chi connectivity index (χ4v) is 8.85. The van der Waals surface area contributed by atoms with Crippen molar-refractivity contribution in [2.75, 3.05) is 26.4 Å². The molecule has 380 valence electrons. The summed E-state index contributed by atoms with van der Waals surface area (Å²) in [6.07, 6.45) is 55.6. The van der Waals surface area contributed by atoms with Crippen molar-refractivity contribution in [3.63, 3.8) is 0 Å². The van der Waals surface area contributed by atoms with Crippen molar-refractivity contribution in [1.29, 1.82) is 0 Å². The molecule has 0 amide bonds. The Hall–Kier alpha value is -1.29. The smallest absolute Gasteiger partial charge is 0.472 e. The van der Waals surface area contributed by atoms with Crippen LogP contribution in [0.1, 0.15) is 277 Å². The second-order valence-electron chi connectivity index (χ2n) is 18.7. The largest absolute Gasteiger partial charge is 0.480 e. The van der Waals surface area contributed by atoms with Crippen molar-refractivity contribution < 1.29 is 42.7 Å². The lowest BCUT2D eigenvalue weighted by molar-refractivity contribution is -0.154. The van der Waals surface area contributed by atoms with Gasteiger partial charge in [0, 0.05) is 13.0 Å². The second-order valence-corrected chi connectivity index (χ2v) is 20.2. The van der Waals surface area contributed by atoms with Crippen LogP contribution in [0.15, 0.2) is 12.2 Å². The Bertz CT molecular complexity index is 1080. The topological polar surface area (TPSA) is 155 Å². The molecule has 0 aliphatic heterocycles. The first-order valence-electron chi connectivity index (χ1n) is 27.2. The van der Waals surface area contributed by atoms with E-state index in [-0.39, 0.29) is 13.0 Å². The summed E-state index contributed by atoms with van der Waals surface area (Å²) >= 11 is 0. The number of rotatable bonds is 53. The van der Waals surface area contributed by atoms with Crippen molar-refractivity contribution in [2.45, 2.75) is 289 Å². The van der Waals surface area contributed by atoms with Crippen LogP contribution in [0.2, 0.25) is 0 Å². The van der Waals surface area contributed by atoms with Crippen molar-refractivity contribution in [1.82, 2.24) is 0 Å². The summed E-state index contributed by atoms with van der Waals surface area (Å²) in [4.78, 5) is 33.7. The molecule has 10 nitrogen and oxygen atoms in total. The third kappa shape index (κ3) is 48.6. The van der Waals surface area contributed by atoms with Crippen LogP contribution in [0.5, 0.6) is 0 Å². The van der Waals surface area contributed by atoms with Gasteiger partial charge in [-0.25, -0.2) is 4.57 Å². The van der Waals surface area contributed by atoms with Crippen LogP contribution in [0, 0.1) is 0 Å². The van der Waals surface area contributed by atoms with Gasteiger partial charge in [-0.15, -0.1) is 0 Å². The van der Waals surface area contributed by atoms with Gasteiger partial charge in [0.1, 0.15) is 12.1 Å². The molecule has 0 saturated carbocycles. The molecular formula is C53H104NO9P. The van der Waals surface area contributed by atoms with E-state index in [1.165, 1.54) is 218 Å². The molecule has 0 aliphatic rings. The minimum absolute atomic E-state index is 0.0237. The standard InChI is InChI=1S/C53H104NO9P/c1-3-5-7-9-11-13-15-17-19-21-23-24-25-26-27-29-31-33-35-37-39-41-43-45-52(55)63-50(48-61-64(58,59)62-49-51(54)53(56)57)47-60-46-44-42-40-38-36-34-32-30-28-22-20-18-16-14-12-10-8-6-4-2/h21,23,50-51H,3-20,22,24-49,54H2,1-2H3,(H,56,57)(H,58,59)/b23-21-. The van der Waals surface area contributed by atoms with Crippen LogP contribution in [-0.2, 0) is 32.7 Å². The van der Waals surface area contributed by atoms with Crippen molar-refractivity contribution in [3.05, 3.63) is 12.2 Å². The number of aliphatic carboxylic acids is 1. The highest BCUT2D eigenvalue weighted by Gasteiger charge is 2.27. The van der Waals surface area contributed by atoms with Gasteiger partial charge in [-0.3, -0.25) is 18.6 Å². The molecule has 0 saturated heterocycles. The maximum Gasteiger partial charge on any atom is 0.472 e. The predicted octanol–water partition coefficient (Wildman–Crippen LogP) is 16.1. The zero-order valence-electron chi connectivity index (χ0n) is 41.9. The van der Waals surface area contributed by atoms with Crippen LogP contribution < -0.4 is 5.73 Å². The monoisotopic (exact) mass is 930 g/mol. The number of carbonyl (C=O) groups excluding carboxylic acids is 1. The molecule has 4 N–H and O–H groups in total. The SMILES string of the molecule is CCCCCCCCCC/C=C\CCCCCCCCCCCCCC(=O)OC(COCCCCCCCCCCCCCCCCCCCCC)COP(=O)(O)OCC(N)C(=O)O.